The Morgan fingerprint density at radius 3 is 2.71 bits per heavy atom. The van der Waals surface area contributed by atoms with Crippen LogP contribution in [-0.2, 0) is 0 Å². The van der Waals surface area contributed by atoms with Crippen LogP contribution in [0.4, 0.5) is 14.5 Å². The summed E-state index contributed by atoms with van der Waals surface area (Å²) in [6, 6.07) is 3.03. The Labute approximate surface area is 91.7 Å². The zero-order valence-electron chi connectivity index (χ0n) is 6.93. The Morgan fingerprint density at radius 2 is 2.07 bits per heavy atom. The van der Waals surface area contributed by atoms with Crippen molar-refractivity contribution in [2.24, 2.45) is 0 Å². The third-order valence-corrected chi connectivity index (χ3v) is 3.78. The molecule has 0 aliphatic rings. The zero-order valence-corrected chi connectivity index (χ0v) is 9.33. The number of fused-ring (bicyclic) bond motifs is 1. The van der Waals surface area contributed by atoms with Gasteiger partial charge in [-0.25, -0.2) is 8.78 Å². The number of nitrogen functional groups attached to an aromatic ring is 1. The maximum atomic E-state index is 12.7. The Balaban J connectivity index is 2.83. The van der Waals surface area contributed by atoms with E-state index in [-0.39, 0.29) is 5.56 Å². The van der Waals surface area contributed by atoms with Crippen molar-refractivity contribution in [3.63, 3.8) is 0 Å². The van der Waals surface area contributed by atoms with Crippen LogP contribution >= 0.6 is 27.3 Å². The van der Waals surface area contributed by atoms with Crippen LogP contribution in [0.3, 0.4) is 0 Å². The van der Waals surface area contributed by atoms with Crippen molar-refractivity contribution in [2.75, 3.05) is 5.73 Å². The first kappa shape index (κ1) is 9.86. The molecule has 2 N–H and O–H groups in total. The minimum absolute atomic E-state index is 0.00637. The molecule has 0 unspecified atom stereocenters. The molecular weight excluding hydrogens is 272 g/mol. The normalized spacial score (nSPS) is 11.4. The predicted molar refractivity (Wildman–Crippen MR) is 58.9 cm³/mol. The van der Waals surface area contributed by atoms with Crippen LogP contribution in [0.2, 0.25) is 0 Å². The van der Waals surface area contributed by atoms with Crippen molar-refractivity contribution in [3.05, 3.63) is 27.5 Å². The molecule has 2 aromatic rings. The second kappa shape index (κ2) is 3.47. The summed E-state index contributed by atoms with van der Waals surface area (Å²) in [4.78, 5) is 0. The zero-order chi connectivity index (χ0) is 10.3. The molecule has 1 aromatic carbocycles. The van der Waals surface area contributed by atoms with Gasteiger partial charge in [-0.1, -0.05) is 0 Å². The quantitative estimate of drug-likeness (QED) is 0.778. The Morgan fingerprint density at radius 1 is 1.36 bits per heavy atom. The van der Waals surface area contributed by atoms with Gasteiger partial charge in [0, 0.05) is 31.2 Å². The van der Waals surface area contributed by atoms with Gasteiger partial charge in [0.15, 0.2) is 0 Å². The van der Waals surface area contributed by atoms with Gasteiger partial charge < -0.3 is 5.73 Å². The molecule has 0 atom stereocenters. The van der Waals surface area contributed by atoms with Crippen molar-refractivity contribution >= 4 is 43.0 Å². The number of thiophene rings is 1. The van der Waals surface area contributed by atoms with E-state index in [1.54, 1.807) is 11.4 Å². The van der Waals surface area contributed by atoms with E-state index < -0.39 is 6.43 Å². The first-order valence-electron chi connectivity index (χ1n) is 3.84. The van der Waals surface area contributed by atoms with Gasteiger partial charge in [0.05, 0.1) is 0 Å². The van der Waals surface area contributed by atoms with Crippen LogP contribution in [-0.4, -0.2) is 0 Å². The molecule has 0 saturated carbocycles. The lowest BCUT2D eigenvalue weighted by Gasteiger charge is -2.04. The molecule has 0 spiro atoms. The smallest absolute Gasteiger partial charge is 0.264 e. The Kier molecular flexibility index (Phi) is 2.45. The summed E-state index contributed by atoms with van der Waals surface area (Å²) in [6.45, 7) is 0. The van der Waals surface area contributed by atoms with E-state index in [0.29, 0.717) is 15.5 Å². The number of benzene rings is 1. The largest absolute Gasteiger partial charge is 0.399 e. The molecule has 0 amide bonds. The maximum Gasteiger partial charge on any atom is 0.264 e. The summed E-state index contributed by atoms with van der Waals surface area (Å²) in [5.41, 5.74) is 5.90. The molecule has 74 valence electrons. The van der Waals surface area contributed by atoms with Crippen molar-refractivity contribution in [1.82, 2.24) is 0 Å². The topological polar surface area (TPSA) is 26.0 Å². The molecule has 0 aliphatic carbocycles. The van der Waals surface area contributed by atoms with Crippen LogP contribution < -0.4 is 5.73 Å². The van der Waals surface area contributed by atoms with E-state index in [1.807, 2.05) is 0 Å². The fraction of sp³-hybridized carbons (Fsp3) is 0.111. The van der Waals surface area contributed by atoms with Crippen molar-refractivity contribution in [2.45, 2.75) is 6.43 Å². The van der Waals surface area contributed by atoms with Gasteiger partial charge in [-0.05, 0) is 28.1 Å². The molecule has 1 nitrogen and oxygen atoms in total. The minimum Gasteiger partial charge on any atom is -0.399 e. The molecule has 1 heterocycles. The van der Waals surface area contributed by atoms with Gasteiger partial charge in [-0.2, -0.15) is 0 Å². The Bertz CT molecular complexity index is 481. The fourth-order valence-corrected chi connectivity index (χ4v) is 3.11. The summed E-state index contributed by atoms with van der Waals surface area (Å²) >= 11 is 4.65. The number of hydrogen-bond acceptors (Lipinski definition) is 2. The third-order valence-electron chi connectivity index (χ3n) is 1.92. The van der Waals surface area contributed by atoms with E-state index in [1.165, 1.54) is 17.4 Å². The molecule has 0 saturated heterocycles. The van der Waals surface area contributed by atoms with Crippen LogP contribution in [0.15, 0.2) is 22.0 Å². The third kappa shape index (κ3) is 1.50. The highest BCUT2D eigenvalue weighted by Gasteiger charge is 2.15. The van der Waals surface area contributed by atoms with E-state index in [2.05, 4.69) is 15.9 Å². The Hall–Kier alpha value is -0.680. The molecule has 1 aromatic heterocycles. The monoisotopic (exact) mass is 277 g/mol. The summed E-state index contributed by atoms with van der Waals surface area (Å²) in [7, 11) is 0. The number of hydrogen-bond donors (Lipinski definition) is 1. The van der Waals surface area contributed by atoms with Crippen molar-refractivity contribution in [3.8, 4) is 0 Å². The summed E-state index contributed by atoms with van der Waals surface area (Å²) < 4.78 is 26.8. The molecule has 2 rings (SSSR count). The van der Waals surface area contributed by atoms with Gasteiger partial charge in [0.2, 0.25) is 0 Å². The standard InChI is InChI=1S/C9H6BrF2NS/c10-6-3-14-7-2-4(13)1-5(8(6)7)9(11)12/h1-3,9H,13H2. The maximum absolute atomic E-state index is 12.7. The molecule has 0 bridgehead atoms. The van der Waals surface area contributed by atoms with Crippen LogP contribution in [0.5, 0.6) is 0 Å². The van der Waals surface area contributed by atoms with Crippen LogP contribution in [0.1, 0.15) is 12.0 Å². The van der Waals surface area contributed by atoms with Crippen molar-refractivity contribution in [1.29, 1.82) is 0 Å². The van der Waals surface area contributed by atoms with Crippen LogP contribution in [0.25, 0.3) is 10.1 Å². The van der Waals surface area contributed by atoms with E-state index in [0.717, 1.165) is 4.70 Å². The first-order chi connectivity index (χ1) is 6.59. The number of halogens is 3. The summed E-state index contributed by atoms with van der Waals surface area (Å²) in [5.74, 6) is 0. The molecule has 14 heavy (non-hydrogen) atoms. The lowest BCUT2D eigenvalue weighted by atomic mass is 10.1. The second-order valence-electron chi connectivity index (χ2n) is 2.87. The molecule has 0 radical (unpaired) electrons. The van der Waals surface area contributed by atoms with Gasteiger partial charge >= 0.3 is 0 Å². The lowest BCUT2D eigenvalue weighted by molar-refractivity contribution is 0.153. The first-order valence-corrected chi connectivity index (χ1v) is 5.51. The van der Waals surface area contributed by atoms with E-state index >= 15 is 0 Å². The SMILES string of the molecule is Nc1cc(C(F)F)c2c(Br)csc2c1. The number of nitrogens with two attached hydrogens (primary N) is 1. The molecule has 0 fully saturated rings. The minimum atomic E-state index is -2.49. The molecule has 5 heteroatoms. The average molecular weight is 278 g/mol. The summed E-state index contributed by atoms with van der Waals surface area (Å²) in [6.07, 6.45) is -2.49. The highest BCUT2D eigenvalue weighted by atomic mass is 79.9. The predicted octanol–water partition coefficient (Wildman–Crippen LogP) is 4.18. The second-order valence-corrected chi connectivity index (χ2v) is 4.63. The highest BCUT2D eigenvalue weighted by Crippen LogP contribution is 2.38. The molecular formula is C9H6BrF2NS. The van der Waals surface area contributed by atoms with Gasteiger partial charge in [-0.3, -0.25) is 0 Å². The summed E-state index contributed by atoms with van der Waals surface area (Å²) in [5, 5.41) is 2.36. The van der Waals surface area contributed by atoms with Gasteiger partial charge in [-0.15, -0.1) is 11.3 Å². The van der Waals surface area contributed by atoms with Gasteiger partial charge in [0.1, 0.15) is 0 Å². The van der Waals surface area contributed by atoms with Gasteiger partial charge in [0.25, 0.3) is 6.43 Å². The number of anilines is 1. The van der Waals surface area contributed by atoms with Crippen molar-refractivity contribution < 1.29 is 8.78 Å². The van der Waals surface area contributed by atoms with E-state index in [4.69, 9.17) is 5.73 Å². The lowest BCUT2D eigenvalue weighted by Crippen LogP contribution is -1.90. The number of alkyl halides is 2. The average Bonchev–Trinajstić information content (AvgIpc) is 2.46. The fourth-order valence-electron chi connectivity index (χ4n) is 1.35. The van der Waals surface area contributed by atoms with Crippen LogP contribution in [0, 0.1) is 0 Å². The molecule has 0 aliphatic heterocycles. The number of rotatable bonds is 1. The highest BCUT2D eigenvalue weighted by molar-refractivity contribution is 9.10. The van der Waals surface area contributed by atoms with E-state index in [9.17, 15) is 8.78 Å².